The summed E-state index contributed by atoms with van der Waals surface area (Å²) in [7, 11) is 0. The normalized spacial score (nSPS) is 18.5. The summed E-state index contributed by atoms with van der Waals surface area (Å²) in [6, 6.07) is 15.0. The average molecular weight is 403 g/mol. The first-order valence-electron chi connectivity index (χ1n) is 9.97. The highest BCUT2D eigenvalue weighted by Crippen LogP contribution is 2.38. The molecule has 5 nitrogen and oxygen atoms in total. The molecule has 0 amide bonds. The lowest BCUT2D eigenvalue weighted by molar-refractivity contribution is 0.0161. The maximum absolute atomic E-state index is 6.42. The fraction of sp³-hybridized carbons (Fsp3) is 0.455. The van der Waals surface area contributed by atoms with Gasteiger partial charge in [-0.2, -0.15) is 0 Å². The summed E-state index contributed by atoms with van der Waals surface area (Å²) < 4.78 is 17.1. The van der Waals surface area contributed by atoms with Crippen LogP contribution in [0.2, 0.25) is 5.02 Å². The molecule has 28 heavy (non-hydrogen) atoms. The number of fused-ring (bicyclic) bond motifs is 1. The van der Waals surface area contributed by atoms with Crippen LogP contribution < -0.4 is 14.8 Å². The molecule has 4 rings (SSSR count). The molecule has 0 aromatic heterocycles. The predicted octanol–water partition coefficient (Wildman–Crippen LogP) is 3.66. The molecule has 2 aromatic carbocycles. The lowest BCUT2D eigenvalue weighted by Gasteiger charge is -2.35. The van der Waals surface area contributed by atoms with E-state index in [2.05, 4.69) is 40.5 Å². The number of hydrogen-bond acceptors (Lipinski definition) is 5. The number of nitrogens with one attached hydrogen (secondary N) is 1. The molecule has 2 heterocycles. The lowest BCUT2D eigenvalue weighted by Crippen LogP contribution is -2.42. The van der Waals surface area contributed by atoms with Gasteiger partial charge in [-0.3, -0.25) is 4.90 Å². The summed E-state index contributed by atoms with van der Waals surface area (Å²) in [5.41, 5.74) is 2.43. The van der Waals surface area contributed by atoms with Gasteiger partial charge in [0.1, 0.15) is 0 Å². The summed E-state index contributed by atoms with van der Waals surface area (Å²) in [5, 5.41) is 4.22. The monoisotopic (exact) mass is 402 g/mol. The molecule has 2 aliphatic heterocycles. The lowest BCUT2D eigenvalue weighted by atomic mass is 10.0. The summed E-state index contributed by atoms with van der Waals surface area (Å²) in [6.45, 7) is 6.38. The number of hydrogen-bond donors (Lipinski definition) is 1. The number of rotatable bonds is 6. The van der Waals surface area contributed by atoms with Gasteiger partial charge in [0, 0.05) is 38.6 Å². The Hall–Kier alpha value is -1.79. The quantitative estimate of drug-likeness (QED) is 0.798. The SMILES string of the molecule is Clc1cc(CNCC(c2ccccc2)N2CCOCC2)cc2c1OCCCO2. The van der Waals surface area contributed by atoms with Crippen LogP contribution in [0, 0.1) is 0 Å². The Morgan fingerprint density at radius 3 is 2.61 bits per heavy atom. The maximum atomic E-state index is 6.42. The van der Waals surface area contributed by atoms with Gasteiger partial charge in [-0.1, -0.05) is 41.9 Å². The van der Waals surface area contributed by atoms with Gasteiger partial charge in [-0.25, -0.2) is 0 Å². The molecule has 0 radical (unpaired) electrons. The Bertz CT molecular complexity index is 766. The minimum Gasteiger partial charge on any atom is -0.489 e. The minimum atomic E-state index is 0.320. The molecule has 2 aliphatic rings. The van der Waals surface area contributed by atoms with E-state index in [-0.39, 0.29) is 0 Å². The molecular formula is C22H27ClN2O3. The van der Waals surface area contributed by atoms with Crippen LogP contribution in [-0.2, 0) is 11.3 Å². The van der Waals surface area contributed by atoms with Gasteiger partial charge >= 0.3 is 0 Å². The number of nitrogens with zero attached hydrogens (tertiary/aromatic N) is 1. The van der Waals surface area contributed by atoms with E-state index in [4.69, 9.17) is 25.8 Å². The van der Waals surface area contributed by atoms with Crippen LogP contribution in [0.25, 0.3) is 0 Å². The van der Waals surface area contributed by atoms with E-state index in [1.165, 1.54) is 5.56 Å². The first kappa shape index (κ1) is 19.5. The Morgan fingerprint density at radius 2 is 1.79 bits per heavy atom. The number of morpholine rings is 1. The third-order valence-electron chi connectivity index (χ3n) is 5.20. The number of halogens is 1. The molecule has 1 N–H and O–H groups in total. The van der Waals surface area contributed by atoms with Gasteiger partial charge in [0.05, 0.1) is 31.5 Å². The largest absolute Gasteiger partial charge is 0.489 e. The summed E-state index contributed by atoms with van der Waals surface area (Å²) in [4.78, 5) is 2.49. The minimum absolute atomic E-state index is 0.320. The fourth-order valence-electron chi connectivity index (χ4n) is 3.76. The van der Waals surface area contributed by atoms with E-state index in [9.17, 15) is 0 Å². The Morgan fingerprint density at radius 1 is 1.00 bits per heavy atom. The summed E-state index contributed by atoms with van der Waals surface area (Å²) in [5.74, 6) is 1.41. The maximum Gasteiger partial charge on any atom is 0.179 e. The number of ether oxygens (including phenoxy) is 3. The highest BCUT2D eigenvalue weighted by molar-refractivity contribution is 6.32. The van der Waals surface area contributed by atoms with Crippen molar-refractivity contribution < 1.29 is 14.2 Å². The van der Waals surface area contributed by atoms with Gasteiger partial charge in [-0.05, 0) is 23.3 Å². The van der Waals surface area contributed by atoms with Crippen LogP contribution in [0.1, 0.15) is 23.6 Å². The Balaban J connectivity index is 1.43. The standard InChI is InChI=1S/C22H27ClN2O3/c23-19-13-17(14-21-22(19)28-10-4-9-27-21)15-24-16-20(18-5-2-1-3-6-18)25-7-11-26-12-8-25/h1-3,5-6,13-14,20,24H,4,7-12,15-16H2. The van der Waals surface area contributed by atoms with Gasteiger partial charge in [0.25, 0.3) is 0 Å². The first-order valence-corrected chi connectivity index (χ1v) is 10.3. The van der Waals surface area contributed by atoms with Crippen LogP contribution in [0.3, 0.4) is 0 Å². The second-order valence-electron chi connectivity index (χ2n) is 7.16. The van der Waals surface area contributed by atoms with Gasteiger partial charge < -0.3 is 19.5 Å². The molecule has 1 unspecified atom stereocenters. The zero-order valence-corrected chi connectivity index (χ0v) is 16.8. The van der Waals surface area contributed by atoms with Crippen molar-refractivity contribution in [3.05, 3.63) is 58.6 Å². The average Bonchev–Trinajstić information content (AvgIpc) is 2.98. The van der Waals surface area contributed by atoms with Crippen LogP contribution in [0.15, 0.2) is 42.5 Å². The van der Waals surface area contributed by atoms with E-state index in [0.29, 0.717) is 30.0 Å². The van der Waals surface area contributed by atoms with Gasteiger partial charge in [0.2, 0.25) is 0 Å². The zero-order chi connectivity index (χ0) is 19.2. The number of benzene rings is 2. The van der Waals surface area contributed by atoms with Crippen molar-refractivity contribution in [1.29, 1.82) is 0 Å². The molecule has 0 bridgehead atoms. The third kappa shape index (κ3) is 4.78. The second-order valence-corrected chi connectivity index (χ2v) is 7.57. The third-order valence-corrected chi connectivity index (χ3v) is 5.48. The van der Waals surface area contributed by atoms with Crippen molar-refractivity contribution in [2.75, 3.05) is 46.1 Å². The molecule has 2 aromatic rings. The van der Waals surface area contributed by atoms with Crippen molar-refractivity contribution in [2.45, 2.75) is 19.0 Å². The molecule has 0 saturated carbocycles. The first-order chi connectivity index (χ1) is 13.8. The molecule has 0 aliphatic carbocycles. The molecule has 6 heteroatoms. The van der Waals surface area contributed by atoms with E-state index >= 15 is 0 Å². The van der Waals surface area contributed by atoms with Crippen molar-refractivity contribution in [1.82, 2.24) is 10.2 Å². The van der Waals surface area contributed by atoms with E-state index < -0.39 is 0 Å². The molecule has 1 fully saturated rings. The van der Waals surface area contributed by atoms with Gasteiger partial charge in [0.15, 0.2) is 11.5 Å². The topological polar surface area (TPSA) is 43.0 Å². The molecule has 1 saturated heterocycles. The molecule has 0 spiro atoms. The zero-order valence-electron chi connectivity index (χ0n) is 16.0. The predicted molar refractivity (Wildman–Crippen MR) is 110 cm³/mol. The van der Waals surface area contributed by atoms with Crippen molar-refractivity contribution in [3.8, 4) is 11.5 Å². The highest BCUT2D eigenvalue weighted by Gasteiger charge is 2.22. The van der Waals surface area contributed by atoms with Crippen LogP contribution in [0.5, 0.6) is 11.5 Å². The molecule has 1 atom stereocenters. The second kappa shape index (κ2) is 9.61. The summed E-state index contributed by atoms with van der Waals surface area (Å²) >= 11 is 6.42. The van der Waals surface area contributed by atoms with Crippen LogP contribution >= 0.6 is 11.6 Å². The fourth-order valence-corrected chi connectivity index (χ4v) is 4.05. The molecule has 150 valence electrons. The van der Waals surface area contributed by atoms with E-state index in [1.807, 2.05) is 12.1 Å². The van der Waals surface area contributed by atoms with Crippen molar-refractivity contribution in [2.24, 2.45) is 0 Å². The Kier molecular flexibility index (Phi) is 6.70. The Labute approximate surface area is 171 Å². The van der Waals surface area contributed by atoms with Crippen LogP contribution in [-0.4, -0.2) is 51.0 Å². The van der Waals surface area contributed by atoms with Gasteiger partial charge in [-0.15, -0.1) is 0 Å². The molecular weight excluding hydrogens is 376 g/mol. The van der Waals surface area contributed by atoms with Crippen molar-refractivity contribution >= 4 is 11.6 Å². The van der Waals surface area contributed by atoms with Crippen LogP contribution in [0.4, 0.5) is 0 Å². The summed E-state index contributed by atoms with van der Waals surface area (Å²) in [6.07, 6.45) is 0.872. The van der Waals surface area contributed by atoms with E-state index in [1.54, 1.807) is 0 Å². The smallest absolute Gasteiger partial charge is 0.179 e. The van der Waals surface area contributed by atoms with Crippen molar-refractivity contribution in [3.63, 3.8) is 0 Å². The highest BCUT2D eigenvalue weighted by atomic mass is 35.5. The van der Waals surface area contributed by atoms with E-state index in [0.717, 1.165) is 57.1 Å².